The Hall–Kier alpha value is -2.42. The van der Waals surface area contributed by atoms with Gasteiger partial charge >= 0.3 is 5.97 Å². The zero-order valence-corrected chi connectivity index (χ0v) is 12.4. The summed E-state index contributed by atoms with van der Waals surface area (Å²) in [6.07, 6.45) is 0. The zero-order chi connectivity index (χ0) is 15.8. The quantitative estimate of drug-likeness (QED) is 0.877. The molecule has 0 aromatic carbocycles. The minimum absolute atomic E-state index is 0.0238. The molecule has 2 N–H and O–H groups in total. The first-order chi connectivity index (χ1) is 9.69. The molecule has 9 heteroatoms. The van der Waals surface area contributed by atoms with Gasteiger partial charge in [-0.1, -0.05) is 0 Å². The van der Waals surface area contributed by atoms with Crippen LogP contribution >= 0.6 is 0 Å². The van der Waals surface area contributed by atoms with Crippen LogP contribution in [-0.4, -0.2) is 29.5 Å². The summed E-state index contributed by atoms with van der Waals surface area (Å²) in [4.78, 5) is 18.5. The molecule has 0 saturated heterocycles. The van der Waals surface area contributed by atoms with Gasteiger partial charge in [0.05, 0.1) is 0 Å². The van der Waals surface area contributed by atoms with Gasteiger partial charge in [-0.25, -0.2) is 27.9 Å². The highest BCUT2D eigenvalue weighted by molar-refractivity contribution is 7.92. The van der Waals surface area contributed by atoms with Gasteiger partial charge in [-0.15, -0.1) is 0 Å². The minimum Gasteiger partial charge on any atom is -0.475 e. The van der Waals surface area contributed by atoms with Crippen LogP contribution < -0.4 is 4.72 Å². The van der Waals surface area contributed by atoms with E-state index in [1.807, 2.05) is 0 Å². The van der Waals surface area contributed by atoms with Crippen molar-refractivity contribution in [2.24, 2.45) is 0 Å². The third-order valence-electron chi connectivity index (χ3n) is 2.58. The smallest absolute Gasteiger partial charge is 0.371 e. The molecule has 0 amide bonds. The van der Waals surface area contributed by atoms with Crippen LogP contribution in [0.5, 0.6) is 0 Å². The van der Waals surface area contributed by atoms with E-state index in [1.165, 1.54) is 6.92 Å². The van der Waals surface area contributed by atoms with Gasteiger partial charge in [0.25, 0.3) is 10.0 Å². The van der Waals surface area contributed by atoms with E-state index < -0.39 is 21.8 Å². The second-order valence-electron chi connectivity index (χ2n) is 4.42. The Labute approximate surface area is 120 Å². The van der Waals surface area contributed by atoms with Crippen molar-refractivity contribution in [3.05, 3.63) is 35.0 Å². The normalized spacial score (nSPS) is 11.4. The Morgan fingerprint density at radius 1 is 1.19 bits per heavy atom. The number of hydrogen-bond donors (Lipinski definition) is 2. The molecule has 0 fully saturated rings. The third kappa shape index (κ3) is 3.19. The lowest BCUT2D eigenvalue weighted by atomic mass is 10.4. The molecule has 0 saturated carbocycles. The highest BCUT2D eigenvalue weighted by Crippen LogP contribution is 2.22. The van der Waals surface area contributed by atoms with Crippen LogP contribution in [0.3, 0.4) is 0 Å². The molecule has 2 aromatic rings. The van der Waals surface area contributed by atoms with Crippen molar-refractivity contribution < 1.29 is 22.7 Å². The van der Waals surface area contributed by atoms with Crippen molar-refractivity contribution in [2.45, 2.75) is 25.7 Å². The highest BCUT2D eigenvalue weighted by atomic mass is 32.2. The van der Waals surface area contributed by atoms with E-state index in [0.29, 0.717) is 11.4 Å². The third-order valence-corrected chi connectivity index (χ3v) is 4.02. The number of aromatic carboxylic acids is 1. The summed E-state index contributed by atoms with van der Waals surface area (Å²) in [6, 6.07) is 2.64. The van der Waals surface area contributed by atoms with Gasteiger partial charge in [0, 0.05) is 17.5 Å². The SMILES string of the molecule is Cc1cc(C)nc(NS(=O)(=O)c2cc(C(=O)O)oc2C)n1. The van der Waals surface area contributed by atoms with Gasteiger partial charge < -0.3 is 9.52 Å². The number of sulfonamides is 1. The van der Waals surface area contributed by atoms with Gasteiger partial charge in [0.2, 0.25) is 11.7 Å². The monoisotopic (exact) mass is 311 g/mol. The van der Waals surface area contributed by atoms with Crippen molar-refractivity contribution >= 4 is 21.9 Å². The first-order valence-electron chi connectivity index (χ1n) is 5.88. The first kappa shape index (κ1) is 15.0. The topological polar surface area (TPSA) is 122 Å². The molecule has 0 radical (unpaired) electrons. The second kappa shape index (κ2) is 5.17. The average molecular weight is 311 g/mol. The van der Waals surface area contributed by atoms with E-state index in [1.54, 1.807) is 19.9 Å². The molecule has 0 aliphatic carbocycles. The van der Waals surface area contributed by atoms with Crippen LogP contribution in [0, 0.1) is 20.8 Å². The molecule has 2 rings (SSSR count). The van der Waals surface area contributed by atoms with E-state index in [0.717, 1.165) is 6.07 Å². The van der Waals surface area contributed by atoms with Crippen molar-refractivity contribution in [3.63, 3.8) is 0 Å². The summed E-state index contributed by atoms with van der Waals surface area (Å²) in [7, 11) is -4.02. The molecule has 2 aromatic heterocycles. The molecule has 0 aliphatic rings. The van der Waals surface area contributed by atoms with Gasteiger partial charge in [-0.05, 0) is 26.8 Å². The molecule has 0 bridgehead atoms. The molecule has 8 nitrogen and oxygen atoms in total. The van der Waals surface area contributed by atoms with Crippen LogP contribution in [0.2, 0.25) is 0 Å². The van der Waals surface area contributed by atoms with E-state index >= 15 is 0 Å². The fraction of sp³-hybridized carbons (Fsp3) is 0.250. The van der Waals surface area contributed by atoms with Crippen LogP contribution in [0.1, 0.15) is 27.7 Å². The maximum Gasteiger partial charge on any atom is 0.371 e. The van der Waals surface area contributed by atoms with Crippen LogP contribution in [0.25, 0.3) is 0 Å². The maximum atomic E-state index is 12.2. The predicted molar refractivity (Wildman–Crippen MR) is 72.7 cm³/mol. The molecular weight excluding hydrogens is 298 g/mol. The zero-order valence-electron chi connectivity index (χ0n) is 11.5. The summed E-state index contributed by atoms with van der Waals surface area (Å²) in [6.45, 7) is 4.78. The van der Waals surface area contributed by atoms with Crippen LogP contribution in [0.15, 0.2) is 21.4 Å². The lowest BCUT2D eigenvalue weighted by Crippen LogP contribution is -2.16. The van der Waals surface area contributed by atoms with E-state index in [-0.39, 0.29) is 16.6 Å². The van der Waals surface area contributed by atoms with Gasteiger partial charge in [0.15, 0.2) is 0 Å². The van der Waals surface area contributed by atoms with Crippen LogP contribution in [0.4, 0.5) is 5.95 Å². The lowest BCUT2D eigenvalue weighted by Gasteiger charge is -2.06. The summed E-state index contributed by atoms with van der Waals surface area (Å²) in [5.41, 5.74) is 1.21. The molecule has 21 heavy (non-hydrogen) atoms. The van der Waals surface area contributed by atoms with Crippen molar-refractivity contribution in [1.82, 2.24) is 9.97 Å². The number of aryl methyl sites for hydroxylation is 3. The van der Waals surface area contributed by atoms with E-state index in [9.17, 15) is 13.2 Å². The molecule has 0 aliphatic heterocycles. The Morgan fingerprint density at radius 2 is 1.76 bits per heavy atom. The van der Waals surface area contributed by atoms with Crippen molar-refractivity contribution in [1.29, 1.82) is 0 Å². The maximum absolute atomic E-state index is 12.2. The number of carboxylic acids is 1. The van der Waals surface area contributed by atoms with E-state index in [4.69, 9.17) is 9.52 Å². The number of anilines is 1. The van der Waals surface area contributed by atoms with Crippen molar-refractivity contribution in [2.75, 3.05) is 4.72 Å². The summed E-state index contributed by atoms with van der Waals surface area (Å²) < 4.78 is 31.6. The summed E-state index contributed by atoms with van der Waals surface area (Å²) >= 11 is 0. The number of carbonyl (C=O) groups is 1. The molecule has 0 spiro atoms. The van der Waals surface area contributed by atoms with E-state index in [2.05, 4.69) is 14.7 Å². The Bertz CT molecular complexity index is 790. The Balaban J connectivity index is 2.40. The fourth-order valence-electron chi connectivity index (χ4n) is 1.78. The Kier molecular flexibility index (Phi) is 3.69. The van der Waals surface area contributed by atoms with Crippen molar-refractivity contribution in [3.8, 4) is 0 Å². The number of aromatic nitrogens is 2. The lowest BCUT2D eigenvalue weighted by molar-refractivity contribution is 0.0661. The van der Waals surface area contributed by atoms with Gasteiger partial charge in [0.1, 0.15) is 10.7 Å². The molecule has 112 valence electrons. The average Bonchev–Trinajstić information content (AvgIpc) is 2.70. The first-order valence-corrected chi connectivity index (χ1v) is 7.36. The summed E-state index contributed by atoms with van der Waals surface area (Å²) in [5, 5.41) is 8.82. The Morgan fingerprint density at radius 3 is 2.24 bits per heavy atom. The highest BCUT2D eigenvalue weighted by Gasteiger charge is 2.24. The largest absolute Gasteiger partial charge is 0.475 e. The molecule has 0 unspecified atom stereocenters. The predicted octanol–water partition coefficient (Wildman–Crippen LogP) is 1.49. The molecular formula is C12H13N3O5S. The number of furan rings is 1. The number of nitrogens with one attached hydrogen (secondary N) is 1. The fourth-order valence-corrected chi connectivity index (χ4v) is 2.91. The number of nitrogens with zero attached hydrogens (tertiary/aromatic N) is 2. The number of hydrogen-bond acceptors (Lipinski definition) is 6. The molecule has 2 heterocycles. The number of carboxylic acid groups (broad SMARTS) is 1. The standard InChI is InChI=1S/C12H13N3O5S/c1-6-4-7(2)14-12(13-6)15-21(18,19)10-5-9(11(16)17)20-8(10)3/h4-5H,1-3H3,(H,16,17)(H,13,14,15). The van der Waals surface area contributed by atoms with Gasteiger partial charge in [-0.3, -0.25) is 0 Å². The second-order valence-corrected chi connectivity index (χ2v) is 6.07. The van der Waals surface area contributed by atoms with Gasteiger partial charge in [-0.2, -0.15) is 0 Å². The minimum atomic E-state index is -4.02. The number of rotatable bonds is 4. The van der Waals surface area contributed by atoms with Crippen LogP contribution in [-0.2, 0) is 10.0 Å². The summed E-state index contributed by atoms with van der Waals surface area (Å²) in [5.74, 6) is -1.90. The molecule has 0 atom stereocenters.